The van der Waals surface area contributed by atoms with Crippen LogP contribution in [-0.4, -0.2) is 13.2 Å². The van der Waals surface area contributed by atoms with Crippen molar-refractivity contribution in [3.63, 3.8) is 0 Å². The molecule has 3 rings (SSSR count). The van der Waals surface area contributed by atoms with Crippen LogP contribution < -0.4 is 9.47 Å². The first-order chi connectivity index (χ1) is 8.42. The van der Waals surface area contributed by atoms with Crippen molar-refractivity contribution in [2.75, 3.05) is 13.2 Å². The maximum Gasteiger partial charge on any atom is 0.162 e. The van der Waals surface area contributed by atoms with E-state index >= 15 is 0 Å². The van der Waals surface area contributed by atoms with E-state index in [-0.39, 0.29) is 0 Å². The van der Waals surface area contributed by atoms with Crippen molar-refractivity contribution in [2.45, 2.75) is 9.79 Å². The molecule has 2 nitrogen and oxygen atoms in total. The SMILES string of the molecule is c1ccc(Sc2ccc3c(c2)OCCO3)cc1. The Morgan fingerprint density at radius 3 is 2.35 bits per heavy atom. The third-order valence-corrected chi connectivity index (χ3v) is 3.49. The Bertz CT molecular complexity index is 511. The number of hydrogen-bond donors (Lipinski definition) is 0. The van der Waals surface area contributed by atoms with Gasteiger partial charge in [0.25, 0.3) is 0 Å². The molecular weight excluding hydrogens is 232 g/mol. The second kappa shape index (κ2) is 4.72. The van der Waals surface area contributed by atoms with Crippen LogP contribution in [0.1, 0.15) is 0 Å². The molecule has 1 heterocycles. The van der Waals surface area contributed by atoms with Gasteiger partial charge in [-0.25, -0.2) is 0 Å². The average molecular weight is 244 g/mol. The summed E-state index contributed by atoms with van der Waals surface area (Å²) in [6.07, 6.45) is 0. The molecular formula is C14H12O2S. The molecule has 0 N–H and O–H groups in total. The smallest absolute Gasteiger partial charge is 0.162 e. The minimum atomic E-state index is 0.631. The third kappa shape index (κ3) is 2.39. The molecule has 0 radical (unpaired) electrons. The fourth-order valence-corrected chi connectivity index (χ4v) is 2.58. The fraction of sp³-hybridized carbons (Fsp3) is 0.143. The molecule has 17 heavy (non-hydrogen) atoms. The van der Waals surface area contributed by atoms with Crippen molar-refractivity contribution in [1.82, 2.24) is 0 Å². The summed E-state index contributed by atoms with van der Waals surface area (Å²) in [5.41, 5.74) is 0. The highest BCUT2D eigenvalue weighted by Gasteiger charge is 2.11. The van der Waals surface area contributed by atoms with Crippen LogP contribution in [0.2, 0.25) is 0 Å². The minimum Gasteiger partial charge on any atom is -0.486 e. The molecule has 1 aliphatic heterocycles. The minimum absolute atomic E-state index is 0.631. The van der Waals surface area contributed by atoms with Crippen molar-refractivity contribution < 1.29 is 9.47 Å². The van der Waals surface area contributed by atoms with Crippen LogP contribution in [0.25, 0.3) is 0 Å². The first kappa shape index (κ1) is 10.5. The Morgan fingerprint density at radius 1 is 0.765 bits per heavy atom. The fourth-order valence-electron chi connectivity index (χ4n) is 1.71. The summed E-state index contributed by atoms with van der Waals surface area (Å²) < 4.78 is 11.1. The molecule has 0 atom stereocenters. The van der Waals surface area contributed by atoms with E-state index in [9.17, 15) is 0 Å². The molecule has 0 unspecified atom stereocenters. The van der Waals surface area contributed by atoms with Crippen molar-refractivity contribution in [2.24, 2.45) is 0 Å². The lowest BCUT2D eigenvalue weighted by atomic mass is 10.3. The molecule has 1 aliphatic rings. The van der Waals surface area contributed by atoms with Crippen LogP contribution >= 0.6 is 11.8 Å². The quantitative estimate of drug-likeness (QED) is 0.804. The summed E-state index contributed by atoms with van der Waals surface area (Å²) in [7, 11) is 0. The van der Waals surface area contributed by atoms with Crippen molar-refractivity contribution in [3.8, 4) is 11.5 Å². The largest absolute Gasteiger partial charge is 0.486 e. The molecule has 2 aromatic rings. The molecule has 86 valence electrons. The Hall–Kier alpha value is -1.61. The maximum absolute atomic E-state index is 5.56. The topological polar surface area (TPSA) is 18.5 Å². The van der Waals surface area contributed by atoms with Crippen molar-refractivity contribution in [1.29, 1.82) is 0 Å². The predicted molar refractivity (Wildman–Crippen MR) is 68.0 cm³/mol. The van der Waals surface area contributed by atoms with Gasteiger partial charge in [-0.15, -0.1) is 0 Å². The summed E-state index contributed by atoms with van der Waals surface area (Å²) in [5.74, 6) is 1.69. The van der Waals surface area contributed by atoms with E-state index in [0.29, 0.717) is 13.2 Å². The van der Waals surface area contributed by atoms with Crippen LogP contribution in [-0.2, 0) is 0 Å². The lowest BCUT2D eigenvalue weighted by molar-refractivity contribution is 0.171. The van der Waals surface area contributed by atoms with Gasteiger partial charge in [-0.3, -0.25) is 0 Å². The van der Waals surface area contributed by atoms with Crippen LogP contribution in [0.5, 0.6) is 11.5 Å². The first-order valence-corrected chi connectivity index (χ1v) is 6.36. The first-order valence-electron chi connectivity index (χ1n) is 5.54. The highest BCUT2D eigenvalue weighted by Crippen LogP contribution is 2.36. The molecule has 0 aromatic heterocycles. The lowest BCUT2D eigenvalue weighted by Crippen LogP contribution is -2.15. The van der Waals surface area contributed by atoms with Crippen molar-refractivity contribution in [3.05, 3.63) is 48.5 Å². The molecule has 0 aliphatic carbocycles. The zero-order valence-corrected chi connectivity index (χ0v) is 10.1. The van der Waals surface area contributed by atoms with Gasteiger partial charge < -0.3 is 9.47 Å². The number of benzene rings is 2. The number of rotatable bonds is 2. The maximum atomic E-state index is 5.56. The molecule has 3 heteroatoms. The molecule has 0 saturated carbocycles. The van der Waals surface area contributed by atoms with Gasteiger partial charge in [0.1, 0.15) is 13.2 Å². The van der Waals surface area contributed by atoms with Gasteiger partial charge in [0.2, 0.25) is 0 Å². The second-order valence-corrected chi connectivity index (χ2v) is 4.87. The van der Waals surface area contributed by atoms with Gasteiger partial charge in [-0.2, -0.15) is 0 Å². The van der Waals surface area contributed by atoms with Gasteiger partial charge in [-0.1, -0.05) is 30.0 Å². The summed E-state index contributed by atoms with van der Waals surface area (Å²) in [4.78, 5) is 2.39. The van der Waals surface area contributed by atoms with Gasteiger partial charge in [0.05, 0.1) is 0 Å². The van der Waals surface area contributed by atoms with Crippen molar-refractivity contribution >= 4 is 11.8 Å². The standard InChI is InChI=1S/C14H12O2S/c1-2-4-11(5-3-1)17-12-6-7-13-14(10-12)16-9-8-15-13/h1-7,10H,8-9H2. The Morgan fingerprint density at radius 2 is 1.53 bits per heavy atom. The van der Waals surface area contributed by atoms with Crippen LogP contribution in [0.3, 0.4) is 0 Å². The third-order valence-electron chi connectivity index (χ3n) is 2.49. The van der Waals surface area contributed by atoms with E-state index in [1.54, 1.807) is 11.8 Å². The van der Waals surface area contributed by atoms with Crippen LogP contribution in [0, 0.1) is 0 Å². The summed E-state index contributed by atoms with van der Waals surface area (Å²) in [5, 5.41) is 0. The number of ether oxygens (including phenoxy) is 2. The van der Waals surface area contributed by atoms with Crippen LogP contribution in [0.15, 0.2) is 58.3 Å². The normalized spacial score (nSPS) is 13.4. The monoisotopic (exact) mass is 244 g/mol. The second-order valence-electron chi connectivity index (χ2n) is 3.72. The van der Waals surface area contributed by atoms with Gasteiger partial charge >= 0.3 is 0 Å². The van der Waals surface area contributed by atoms with E-state index in [2.05, 4.69) is 18.2 Å². The summed E-state index contributed by atoms with van der Waals surface area (Å²) in [6, 6.07) is 16.4. The van der Waals surface area contributed by atoms with Gasteiger partial charge in [-0.05, 0) is 30.3 Å². The zero-order chi connectivity index (χ0) is 11.5. The Labute approximate surface area is 105 Å². The van der Waals surface area contributed by atoms with E-state index in [1.165, 1.54) is 9.79 Å². The highest BCUT2D eigenvalue weighted by atomic mass is 32.2. The highest BCUT2D eigenvalue weighted by molar-refractivity contribution is 7.99. The molecule has 0 spiro atoms. The average Bonchev–Trinajstić information content (AvgIpc) is 2.40. The van der Waals surface area contributed by atoms with Gasteiger partial charge in [0.15, 0.2) is 11.5 Å². The molecule has 0 amide bonds. The molecule has 2 aromatic carbocycles. The van der Waals surface area contributed by atoms with E-state index < -0.39 is 0 Å². The summed E-state index contributed by atoms with van der Waals surface area (Å²) in [6.45, 7) is 1.27. The van der Waals surface area contributed by atoms with Gasteiger partial charge in [0, 0.05) is 9.79 Å². The Kier molecular flexibility index (Phi) is 2.92. The van der Waals surface area contributed by atoms with E-state index in [0.717, 1.165) is 11.5 Å². The number of hydrogen-bond acceptors (Lipinski definition) is 3. The zero-order valence-electron chi connectivity index (χ0n) is 9.26. The molecule has 0 fully saturated rings. The molecule has 0 saturated heterocycles. The number of fused-ring (bicyclic) bond motifs is 1. The Balaban J connectivity index is 1.84. The summed E-state index contributed by atoms with van der Waals surface area (Å²) >= 11 is 1.72. The predicted octanol–water partition coefficient (Wildman–Crippen LogP) is 3.61. The molecule has 0 bridgehead atoms. The van der Waals surface area contributed by atoms with E-state index in [4.69, 9.17) is 9.47 Å². The van der Waals surface area contributed by atoms with Crippen LogP contribution in [0.4, 0.5) is 0 Å². The van der Waals surface area contributed by atoms with E-state index in [1.807, 2.05) is 30.3 Å². The lowest BCUT2D eigenvalue weighted by Gasteiger charge is -2.18.